The lowest BCUT2D eigenvalue weighted by molar-refractivity contribution is 0.0981. The van der Waals surface area contributed by atoms with Crippen molar-refractivity contribution in [3.63, 3.8) is 0 Å². The zero-order valence-electron chi connectivity index (χ0n) is 10.5. The number of rotatable bonds is 3. The van der Waals surface area contributed by atoms with E-state index in [0.29, 0.717) is 16.4 Å². The number of benzene rings is 1. The normalized spacial score (nSPS) is 10.3. The van der Waals surface area contributed by atoms with E-state index >= 15 is 0 Å². The van der Waals surface area contributed by atoms with E-state index in [2.05, 4.69) is 25.4 Å². The summed E-state index contributed by atoms with van der Waals surface area (Å²) >= 11 is 5.84. The van der Waals surface area contributed by atoms with Crippen LogP contribution in [-0.2, 0) is 0 Å². The third kappa shape index (κ3) is 3.03. The summed E-state index contributed by atoms with van der Waals surface area (Å²) in [6.45, 7) is 0. The maximum Gasteiger partial charge on any atom is 0.316 e. The predicted molar refractivity (Wildman–Crippen MR) is 74.7 cm³/mol. The Morgan fingerprint density at radius 3 is 2.95 bits per heavy atom. The molecule has 0 aliphatic rings. The summed E-state index contributed by atoms with van der Waals surface area (Å²) in [5, 5.41) is 6.81. The first kappa shape index (κ1) is 13.2. The van der Waals surface area contributed by atoms with Crippen molar-refractivity contribution < 1.29 is 9.32 Å². The predicted octanol–water partition coefficient (Wildman–Crippen LogP) is 2.43. The van der Waals surface area contributed by atoms with Crippen LogP contribution >= 0.6 is 11.6 Å². The van der Waals surface area contributed by atoms with Crippen LogP contribution in [0.2, 0.25) is 5.02 Å². The van der Waals surface area contributed by atoms with Crippen LogP contribution in [0.5, 0.6) is 0 Å². The molecule has 1 amide bonds. The molecule has 2 aromatic heterocycles. The Bertz CT molecular complexity index is 775. The third-order valence-corrected chi connectivity index (χ3v) is 2.73. The SMILES string of the molecule is O=C(Nc1cccc(Cl)c1)c1nc(-c2cnccn2)no1. The Labute approximate surface area is 124 Å². The van der Waals surface area contributed by atoms with Gasteiger partial charge < -0.3 is 9.84 Å². The lowest BCUT2D eigenvalue weighted by atomic mass is 10.3. The van der Waals surface area contributed by atoms with Gasteiger partial charge in [0.1, 0.15) is 5.69 Å². The second-order valence-electron chi connectivity index (χ2n) is 3.98. The maximum atomic E-state index is 12.0. The van der Waals surface area contributed by atoms with Crippen LogP contribution < -0.4 is 5.32 Å². The molecule has 0 saturated heterocycles. The fourth-order valence-corrected chi connectivity index (χ4v) is 1.78. The van der Waals surface area contributed by atoms with Crippen molar-refractivity contribution in [3.05, 3.63) is 53.8 Å². The van der Waals surface area contributed by atoms with E-state index in [1.54, 1.807) is 24.3 Å². The van der Waals surface area contributed by atoms with E-state index in [9.17, 15) is 4.79 Å². The van der Waals surface area contributed by atoms with Crippen molar-refractivity contribution in [1.29, 1.82) is 0 Å². The van der Waals surface area contributed by atoms with E-state index in [1.165, 1.54) is 18.6 Å². The van der Waals surface area contributed by atoms with Gasteiger partial charge in [0.2, 0.25) is 5.82 Å². The van der Waals surface area contributed by atoms with Crippen molar-refractivity contribution in [2.75, 3.05) is 5.32 Å². The van der Waals surface area contributed by atoms with Crippen molar-refractivity contribution in [1.82, 2.24) is 20.1 Å². The van der Waals surface area contributed by atoms with Crippen LogP contribution in [0.1, 0.15) is 10.7 Å². The Morgan fingerprint density at radius 2 is 2.19 bits per heavy atom. The molecule has 0 unspecified atom stereocenters. The van der Waals surface area contributed by atoms with Crippen LogP contribution in [0.3, 0.4) is 0 Å². The largest absolute Gasteiger partial charge is 0.328 e. The van der Waals surface area contributed by atoms with Gasteiger partial charge in [-0.3, -0.25) is 9.78 Å². The van der Waals surface area contributed by atoms with E-state index in [-0.39, 0.29) is 11.7 Å². The Balaban J connectivity index is 1.78. The fourth-order valence-electron chi connectivity index (χ4n) is 1.59. The lowest BCUT2D eigenvalue weighted by Crippen LogP contribution is -2.12. The molecule has 0 fully saturated rings. The summed E-state index contributed by atoms with van der Waals surface area (Å²) in [7, 11) is 0. The minimum atomic E-state index is -0.528. The number of anilines is 1. The van der Waals surface area contributed by atoms with Gasteiger partial charge in [0.05, 0.1) is 6.20 Å². The van der Waals surface area contributed by atoms with E-state index < -0.39 is 5.91 Å². The highest BCUT2D eigenvalue weighted by atomic mass is 35.5. The molecule has 0 aliphatic heterocycles. The molecule has 1 N–H and O–H groups in total. The Morgan fingerprint density at radius 1 is 1.29 bits per heavy atom. The highest BCUT2D eigenvalue weighted by Crippen LogP contribution is 2.16. The van der Waals surface area contributed by atoms with Crippen LogP contribution in [0, 0.1) is 0 Å². The minimum Gasteiger partial charge on any atom is -0.328 e. The van der Waals surface area contributed by atoms with Gasteiger partial charge in [-0.25, -0.2) is 4.98 Å². The maximum absolute atomic E-state index is 12.0. The molecule has 8 heteroatoms. The number of nitrogens with zero attached hydrogens (tertiary/aromatic N) is 4. The molecule has 1 aromatic carbocycles. The van der Waals surface area contributed by atoms with Crippen LogP contribution in [-0.4, -0.2) is 26.0 Å². The fraction of sp³-hybridized carbons (Fsp3) is 0. The van der Waals surface area contributed by atoms with Gasteiger partial charge in [-0.15, -0.1) is 0 Å². The zero-order chi connectivity index (χ0) is 14.7. The smallest absolute Gasteiger partial charge is 0.316 e. The number of hydrogen-bond donors (Lipinski definition) is 1. The summed E-state index contributed by atoms with van der Waals surface area (Å²) in [6, 6.07) is 6.73. The van der Waals surface area contributed by atoms with Gasteiger partial charge in [-0.2, -0.15) is 4.98 Å². The standard InChI is InChI=1S/C13H8ClN5O2/c14-8-2-1-3-9(6-8)17-12(20)13-18-11(19-21-13)10-7-15-4-5-16-10/h1-7H,(H,17,20). The van der Waals surface area contributed by atoms with Crippen molar-refractivity contribution in [3.8, 4) is 11.5 Å². The topological polar surface area (TPSA) is 93.8 Å². The summed E-state index contributed by atoms with van der Waals surface area (Å²) in [5.41, 5.74) is 0.954. The molecule has 7 nitrogen and oxygen atoms in total. The number of halogens is 1. The van der Waals surface area contributed by atoms with Crippen LogP contribution in [0.25, 0.3) is 11.5 Å². The second kappa shape index (κ2) is 5.68. The van der Waals surface area contributed by atoms with Crippen molar-refractivity contribution >= 4 is 23.2 Å². The summed E-state index contributed by atoms with van der Waals surface area (Å²) < 4.78 is 4.91. The molecule has 0 aliphatic carbocycles. The van der Waals surface area contributed by atoms with Gasteiger partial charge in [-0.1, -0.05) is 22.8 Å². The van der Waals surface area contributed by atoms with E-state index in [4.69, 9.17) is 16.1 Å². The van der Waals surface area contributed by atoms with Crippen LogP contribution in [0.4, 0.5) is 5.69 Å². The average molecular weight is 302 g/mol. The van der Waals surface area contributed by atoms with Gasteiger partial charge >= 0.3 is 11.8 Å². The van der Waals surface area contributed by atoms with Gasteiger partial charge in [0, 0.05) is 23.1 Å². The van der Waals surface area contributed by atoms with Crippen molar-refractivity contribution in [2.24, 2.45) is 0 Å². The van der Waals surface area contributed by atoms with Gasteiger partial charge in [0.25, 0.3) is 0 Å². The Hall–Kier alpha value is -2.80. The number of hydrogen-bond acceptors (Lipinski definition) is 6. The second-order valence-corrected chi connectivity index (χ2v) is 4.41. The monoisotopic (exact) mass is 301 g/mol. The molecular weight excluding hydrogens is 294 g/mol. The number of carbonyl (C=O) groups excluding carboxylic acids is 1. The summed E-state index contributed by atoms with van der Waals surface area (Å²) in [4.78, 5) is 23.9. The number of aromatic nitrogens is 4. The quantitative estimate of drug-likeness (QED) is 0.798. The molecule has 0 bridgehead atoms. The molecule has 3 aromatic rings. The molecule has 0 spiro atoms. The van der Waals surface area contributed by atoms with Gasteiger partial charge in [0.15, 0.2) is 0 Å². The number of amides is 1. The highest BCUT2D eigenvalue weighted by molar-refractivity contribution is 6.30. The molecule has 0 atom stereocenters. The first-order valence-electron chi connectivity index (χ1n) is 5.89. The molecule has 21 heavy (non-hydrogen) atoms. The van der Waals surface area contributed by atoms with Crippen molar-refractivity contribution in [2.45, 2.75) is 0 Å². The lowest BCUT2D eigenvalue weighted by Gasteiger charge is -2.01. The summed E-state index contributed by atoms with van der Waals surface area (Å²) in [5.74, 6) is -0.505. The Kier molecular flexibility index (Phi) is 3.57. The third-order valence-electron chi connectivity index (χ3n) is 2.50. The van der Waals surface area contributed by atoms with Crippen LogP contribution in [0.15, 0.2) is 47.4 Å². The number of nitrogens with one attached hydrogen (secondary N) is 1. The van der Waals surface area contributed by atoms with E-state index in [0.717, 1.165) is 0 Å². The molecule has 104 valence electrons. The molecular formula is C13H8ClN5O2. The van der Waals surface area contributed by atoms with E-state index in [1.807, 2.05) is 0 Å². The first-order chi connectivity index (χ1) is 10.2. The molecule has 3 rings (SSSR count). The number of carbonyl (C=O) groups is 1. The molecule has 2 heterocycles. The summed E-state index contributed by atoms with van der Waals surface area (Å²) in [6.07, 6.45) is 4.50. The van der Waals surface area contributed by atoms with Gasteiger partial charge in [-0.05, 0) is 18.2 Å². The highest BCUT2D eigenvalue weighted by Gasteiger charge is 2.17. The first-order valence-corrected chi connectivity index (χ1v) is 6.27. The molecule has 0 saturated carbocycles. The average Bonchev–Trinajstić information content (AvgIpc) is 2.98. The molecule has 0 radical (unpaired) electrons. The minimum absolute atomic E-state index is 0.171. The zero-order valence-corrected chi connectivity index (χ0v) is 11.3.